The minimum atomic E-state index is -3.42. The fourth-order valence-electron chi connectivity index (χ4n) is 2.14. The Morgan fingerprint density at radius 1 is 1.58 bits per heavy atom. The zero-order valence-electron chi connectivity index (χ0n) is 11.1. The second-order valence-corrected chi connectivity index (χ2v) is 8.08. The minimum absolute atomic E-state index is 0.0689. The Morgan fingerprint density at radius 3 is 2.89 bits per heavy atom. The largest absolute Gasteiger partial charge is 0.378 e. The Kier molecular flexibility index (Phi) is 4.89. The molecule has 1 aliphatic rings. The highest BCUT2D eigenvalue weighted by Crippen LogP contribution is 2.31. The van der Waals surface area contributed by atoms with Crippen LogP contribution in [0.1, 0.15) is 23.8 Å². The average Bonchev–Trinajstić information content (AvgIpc) is 2.80. The number of rotatable bonds is 4. The monoisotopic (exact) mass is 323 g/mol. The molecule has 0 aromatic carbocycles. The first-order valence-electron chi connectivity index (χ1n) is 6.25. The summed E-state index contributed by atoms with van der Waals surface area (Å²) in [5.41, 5.74) is 0.944. The molecular weight excluding hydrogens is 306 g/mol. The van der Waals surface area contributed by atoms with Gasteiger partial charge in [0.1, 0.15) is 4.21 Å². The Labute approximate surface area is 123 Å². The number of alkyl halides is 1. The van der Waals surface area contributed by atoms with Gasteiger partial charge in [0.15, 0.2) is 0 Å². The Balaban J connectivity index is 2.34. The van der Waals surface area contributed by atoms with Gasteiger partial charge in [-0.05, 0) is 25.0 Å². The molecule has 1 saturated heterocycles. The normalized spacial score (nSPS) is 21.7. The summed E-state index contributed by atoms with van der Waals surface area (Å²) in [6, 6.07) is 1.65. The van der Waals surface area contributed by atoms with Crippen LogP contribution in [0.4, 0.5) is 0 Å². The minimum Gasteiger partial charge on any atom is -0.378 e. The molecule has 1 aliphatic heterocycles. The summed E-state index contributed by atoms with van der Waals surface area (Å²) in [6.45, 7) is 5.23. The van der Waals surface area contributed by atoms with Crippen molar-refractivity contribution in [2.24, 2.45) is 0 Å². The summed E-state index contributed by atoms with van der Waals surface area (Å²) >= 11 is 7.09. The highest BCUT2D eigenvalue weighted by molar-refractivity contribution is 7.91. The molecule has 0 bridgehead atoms. The Bertz CT molecular complexity index is 541. The predicted molar refractivity (Wildman–Crippen MR) is 77.4 cm³/mol. The van der Waals surface area contributed by atoms with Gasteiger partial charge in [-0.3, -0.25) is 0 Å². The molecule has 0 saturated carbocycles. The summed E-state index contributed by atoms with van der Waals surface area (Å²) in [7, 11) is -3.42. The molecule has 2 rings (SSSR count). The van der Waals surface area contributed by atoms with E-state index in [-0.39, 0.29) is 6.04 Å². The van der Waals surface area contributed by atoms with Crippen LogP contribution in [0, 0.1) is 6.92 Å². The number of sulfonamides is 1. The van der Waals surface area contributed by atoms with E-state index in [4.69, 9.17) is 16.3 Å². The lowest BCUT2D eigenvalue weighted by atomic mass is 10.2. The van der Waals surface area contributed by atoms with Crippen molar-refractivity contribution in [3.63, 3.8) is 0 Å². The topological polar surface area (TPSA) is 46.6 Å². The fraction of sp³-hybridized carbons (Fsp3) is 0.667. The summed E-state index contributed by atoms with van der Waals surface area (Å²) < 4.78 is 32.7. The van der Waals surface area contributed by atoms with Gasteiger partial charge in [0.25, 0.3) is 10.0 Å². The molecule has 19 heavy (non-hydrogen) atoms. The van der Waals surface area contributed by atoms with E-state index in [9.17, 15) is 8.42 Å². The molecule has 0 aliphatic carbocycles. The van der Waals surface area contributed by atoms with Gasteiger partial charge in [0, 0.05) is 17.5 Å². The lowest BCUT2D eigenvalue weighted by Gasteiger charge is -2.33. The SMILES string of the molecule is CCC1COCCN1S(=O)(=O)c1cc(C)c(CCl)s1. The van der Waals surface area contributed by atoms with Crippen LogP contribution in [0.15, 0.2) is 10.3 Å². The first kappa shape index (κ1) is 15.3. The molecule has 1 fully saturated rings. The van der Waals surface area contributed by atoms with Gasteiger partial charge >= 0.3 is 0 Å². The molecule has 1 atom stereocenters. The quantitative estimate of drug-likeness (QED) is 0.800. The molecule has 0 spiro atoms. The molecule has 1 aromatic heterocycles. The molecule has 4 nitrogen and oxygen atoms in total. The molecule has 0 amide bonds. The van der Waals surface area contributed by atoms with Crippen LogP contribution in [0.5, 0.6) is 0 Å². The van der Waals surface area contributed by atoms with E-state index in [1.54, 1.807) is 10.4 Å². The first-order valence-corrected chi connectivity index (χ1v) is 9.04. The number of hydrogen-bond donors (Lipinski definition) is 0. The number of nitrogens with zero attached hydrogens (tertiary/aromatic N) is 1. The van der Waals surface area contributed by atoms with Crippen molar-refractivity contribution in [3.05, 3.63) is 16.5 Å². The molecule has 1 unspecified atom stereocenters. The van der Waals surface area contributed by atoms with Crippen LogP contribution in [0.2, 0.25) is 0 Å². The summed E-state index contributed by atoms with van der Waals surface area (Å²) in [4.78, 5) is 0.918. The van der Waals surface area contributed by atoms with Gasteiger partial charge in [0.2, 0.25) is 0 Å². The van der Waals surface area contributed by atoms with E-state index in [0.717, 1.165) is 16.9 Å². The number of halogens is 1. The van der Waals surface area contributed by atoms with Gasteiger partial charge in [-0.15, -0.1) is 22.9 Å². The second-order valence-electron chi connectivity index (χ2n) is 4.56. The number of hydrogen-bond acceptors (Lipinski definition) is 4. The van der Waals surface area contributed by atoms with E-state index in [0.29, 0.717) is 29.8 Å². The van der Waals surface area contributed by atoms with Gasteiger partial charge in [-0.1, -0.05) is 6.92 Å². The molecule has 0 N–H and O–H groups in total. The van der Waals surface area contributed by atoms with Crippen LogP contribution in [0.3, 0.4) is 0 Å². The van der Waals surface area contributed by atoms with Crippen molar-refractivity contribution in [2.75, 3.05) is 19.8 Å². The van der Waals surface area contributed by atoms with Crippen LogP contribution >= 0.6 is 22.9 Å². The fourth-order valence-corrected chi connectivity index (χ4v) is 5.75. The van der Waals surface area contributed by atoms with Crippen molar-refractivity contribution in [1.29, 1.82) is 0 Å². The molecule has 1 aromatic rings. The first-order chi connectivity index (χ1) is 9.00. The third kappa shape index (κ3) is 2.97. The van der Waals surface area contributed by atoms with E-state index < -0.39 is 10.0 Å². The van der Waals surface area contributed by atoms with Crippen LogP contribution in [-0.4, -0.2) is 38.5 Å². The summed E-state index contributed by atoms with van der Waals surface area (Å²) in [5, 5.41) is 0. The Hall–Kier alpha value is -0.140. The van der Waals surface area contributed by atoms with Gasteiger partial charge in [-0.2, -0.15) is 4.31 Å². The summed E-state index contributed by atoms with van der Waals surface area (Å²) in [5.74, 6) is 0.354. The third-order valence-corrected chi connectivity index (χ3v) is 7.39. The molecule has 0 radical (unpaired) electrons. The van der Waals surface area contributed by atoms with E-state index in [1.807, 2.05) is 13.8 Å². The molecule has 2 heterocycles. The predicted octanol–water partition coefficient (Wildman–Crippen LogP) is 2.59. The van der Waals surface area contributed by atoms with Crippen molar-refractivity contribution >= 4 is 33.0 Å². The van der Waals surface area contributed by atoms with E-state index >= 15 is 0 Å². The lowest BCUT2D eigenvalue weighted by molar-refractivity contribution is 0.0315. The van der Waals surface area contributed by atoms with Gasteiger partial charge in [0.05, 0.1) is 19.1 Å². The number of morpholine rings is 1. The van der Waals surface area contributed by atoms with Crippen LogP contribution in [0.25, 0.3) is 0 Å². The third-order valence-electron chi connectivity index (χ3n) is 3.33. The van der Waals surface area contributed by atoms with Crippen molar-refractivity contribution in [1.82, 2.24) is 4.31 Å². The lowest BCUT2D eigenvalue weighted by Crippen LogP contribution is -2.48. The van der Waals surface area contributed by atoms with Gasteiger partial charge in [-0.25, -0.2) is 8.42 Å². The standard InChI is InChI=1S/C12H18ClNO3S2/c1-3-10-8-17-5-4-14(10)19(15,16)12-6-9(2)11(7-13)18-12/h6,10H,3-5,7-8H2,1-2H3. The number of thiophene rings is 1. The van der Waals surface area contributed by atoms with Crippen LogP contribution < -0.4 is 0 Å². The van der Waals surface area contributed by atoms with Crippen LogP contribution in [-0.2, 0) is 20.6 Å². The zero-order chi connectivity index (χ0) is 14.0. The highest BCUT2D eigenvalue weighted by atomic mass is 35.5. The highest BCUT2D eigenvalue weighted by Gasteiger charge is 2.34. The Morgan fingerprint density at radius 2 is 2.32 bits per heavy atom. The smallest absolute Gasteiger partial charge is 0.252 e. The maximum atomic E-state index is 12.7. The van der Waals surface area contributed by atoms with Crippen molar-refractivity contribution in [3.8, 4) is 0 Å². The average molecular weight is 324 g/mol. The van der Waals surface area contributed by atoms with E-state index in [2.05, 4.69) is 0 Å². The van der Waals surface area contributed by atoms with Crippen molar-refractivity contribution < 1.29 is 13.2 Å². The van der Waals surface area contributed by atoms with E-state index in [1.165, 1.54) is 11.3 Å². The molecular formula is C12H18ClNO3S2. The zero-order valence-corrected chi connectivity index (χ0v) is 13.4. The second kappa shape index (κ2) is 6.10. The molecule has 7 heteroatoms. The number of ether oxygens (including phenoxy) is 1. The maximum absolute atomic E-state index is 12.7. The van der Waals surface area contributed by atoms with Crippen molar-refractivity contribution in [2.45, 2.75) is 36.4 Å². The molecule has 108 valence electrons. The summed E-state index contributed by atoms with van der Waals surface area (Å²) in [6.07, 6.45) is 0.756. The number of aryl methyl sites for hydroxylation is 1. The maximum Gasteiger partial charge on any atom is 0.252 e. The van der Waals surface area contributed by atoms with Gasteiger partial charge < -0.3 is 4.74 Å².